The molecule has 0 saturated heterocycles. The molecule has 0 radical (unpaired) electrons. The van der Waals surface area contributed by atoms with Gasteiger partial charge in [0.05, 0.1) is 6.33 Å². The Morgan fingerprint density at radius 3 is 3.17 bits per heavy atom. The van der Waals surface area contributed by atoms with Crippen molar-refractivity contribution in [1.29, 1.82) is 0 Å². The number of hydrogen-bond acceptors (Lipinski definition) is 3. The second kappa shape index (κ2) is 2.10. The van der Waals surface area contributed by atoms with E-state index >= 15 is 0 Å². The number of nitrogens with two attached hydrogens (primary N) is 1. The summed E-state index contributed by atoms with van der Waals surface area (Å²) in [7, 11) is 1.80. The molecule has 2 aromatic rings. The highest BCUT2D eigenvalue weighted by Gasteiger charge is 2.03. The number of anilines is 1. The minimum atomic E-state index is -0.151. The quantitative estimate of drug-likeness (QED) is 0.568. The summed E-state index contributed by atoms with van der Waals surface area (Å²) in [4.78, 5) is 18.0. The average molecular weight is 164 g/mol. The molecule has 2 rings (SSSR count). The fourth-order valence-electron chi connectivity index (χ4n) is 1.14. The van der Waals surface area contributed by atoms with E-state index in [2.05, 4.69) is 9.97 Å². The van der Waals surface area contributed by atoms with Crippen LogP contribution in [-0.4, -0.2) is 14.5 Å². The molecule has 0 fully saturated rings. The summed E-state index contributed by atoms with van der Waals surface area (Å²) in [6.45, 7) is 0. The Morgan fingerprint density at radius 2 is 2.42 bits per heavy atom. The largest absolute Gasteiger partial charge is 0.385 e. The van der Waals surface area contributed by atoms with E-state index in [1.165, 1.54) is 6.07 Å². The Hall–Kier alpha value is -1.78. The van der Waals surface area contributed by atoms with Crippen LogP contribution in [0.25, 0.3) is 11.2 Å². The van der Waals surface area contributed by atoms with Crippen molar-refractivity contribution in [2.45, 2.75) is 0 Å². The summed E-state index contributed by atoms with van der Waals surface area (Å²) < 4.78 is 1.72. The second-order valence-electron chi connectivity index (χ2n) is 2.64. The molecule has 3 N–H and O–H groups in total. The number of H-pyrrole nitrogens is 1. The number of hydrogen-bond donors (Lipinski definition) is 2. The van der Waals surface area contributed by atoms with Crippen molar-refractivity contribution >= 4 is 17.0 Å². The van der Waals surface area contributed by atoms with Crippen LogP contribution < -0.4 is 11.2 Å². The van der Waals surface area contributed by atoms with Crippen molar-refractivity contribution in [2.24, 2.45) is 7.05 Å². The lowest BCUT2D eigenvalue weighted by atomic mass is 10.4. The number of aromatic amines is 1. The maximum atomic E-state index is 11.2. The van der Waals surface area contributed by atoms with Crippen LogP contribution in [0.2, 0.25) is 0 Å². The highest BCUT2D eigenvalue weighted by Crippen LogP contribution is 2.04. The fraction of sp³-hybridized carbons (Fsp3) is 0.143. The highest BCUT2D eigenvalue weighted by molar-refractivity contribution is 5.72. The first kappa shape index (κ1) is 6.90. The van der Waals surface area contributed by atoms with Gasteiger partial charge >= 0.3 is 0 Å². The van der Waals surface area contributed by atoms with Gasteiger partial charge in [0.2, 0.25) is 5.43 Å². The van der Waals surface area contributed by atoms with Gasteiger partial charge in [-0.15, -0.1) is 0 Å². The van der Waals surface area contributed by atoms with Crippen molar-refractivity contribution < 1.29 is 0 Å². The molecule has 5 heteroatoms. The molecule has 0 aliphatic rings. The molecule has 0 aromatic carbocycles. The van der Waals surface area contributed by atoms with E-state index in [0.29, 0.717) is 17.0 Å². The lowest BCUT2D eigenvalue weighted by Gasteiger charge is -1.95. The number of nitrogens with zero attached hydrogens (tertiary/aromatic N) is 2. The van der Waals surface area contributed by atoms with Gasteiger partial charge in [0.1, 0.15) is 11.5 Å². The number of fused-ring (bicyclic) bond motifs is 1. The van der Waals surface area contributed by atoms with Gasteiger partial charge in [0.15, 0.2) is 5.52 Å². The molecule has 0 unspecified atom stereocenters. The van der Waals surface area contributed by atoms with Crippen LogP contribution in [0.3, 0.4) is 0 Å². The molecule has 62 valence electrons. The minimum absolute atomic E-state index is 0.151. The monoisotopic (exact) mass is 164 g/mol. The van der Waals surface area contributed by atoms with Crippen LogP contribution in [0, 0.1) is 0 Å². The van der Waals surface area contributed by atoms with Crippen molar-refractivity contribution in [1.82, 2.24) is 14.5 Å². The van der Waals surface area contributed by atoms with E-state index in [-0.39, 0.29) is 5.43 Å². The predicted molar refractivity (Wildman–Crippen MR) is 45.7 cm³/mol. The first-order chi connectivity index (χ1) is 5.68. The SMILES string of the molecule is Cn1cnc2c(=O)cc(N)[nH]c21. The van der Waals surface area contributed by atoms with Crippen LogP contribution in [-0.2, 0) is 7.05 Å². The molecule has 0 saturated carbocycles. The van der Waals surface area contributed by atoms with Crippen molar-refractivity contribution in [3.63, 3.8) is 0 Å². The van der Waals surface area contributed by atoms with Gasteiger partial charge in [-0.2, -0.15) is 0 Å². The molecule has 0 aliphatic carbocycles. The van der Waals surface area contributed by atoms with Crippen LogP contribution in [0.5, 0.6) is 0 Å². The molecule has 0 amide bonds. The van der Waals surface area contributed by atoms with Gasteiger partial charge in [-0.25, -0.2) is 4.98 Å². The van der Waals surface area contributed by atoms with Crippen LogP contribution in [0.4, 0.5) is 5.82 Å². The van der Waals surface area contributed by atoms with Crippen molar-refractivity contribution in [3.8, 4) is 0 Å². The van der Waals surface area contributed by atoms with Gasteiger partial charge in [-0.05, 0) is 0 Å². The number of nitrogens with one attached hydrogen (secondary N) is 1. The summed E-state index contributed by atoms with van der Waals surface area (Å²) >= 11 is 0. The second-order valence-corrected chi connectivity index (χ2v) is 2.64. The lowest BCUT2D eigenvalue weighted by Crippen LogP contribution is -2.05. The fourth-order valence-corrected chi connectivity index (χ4v) is 1.14. The minimum Gasteiger partial charge on any atom is -0.385 e. The zero-order chi connectivity index (χ0) is 8.72. The molecule has 12 heavy (non-hydrogen) atoms. The maximum Gasteiger partial charge on any atom is 0.211 e. The Bertz CT molecular complexity index is 482. The van der Waals surface area contributed by atoms with Crippen LogP contribution in [0.1, 0.15) is 0 Å². The van der Waals surface area contributed by atoms with E-state index in [4.69, 9.17) is 5.73 Å². The number of pyridine rings is 1. The molecule has 0 aliphatic heterocycles. The van der Waals surface area contributed by atoms with Gasteiger partial charge in [0, 0.05) is 13.1 Å². The Labute approximate surface area is 67.8 Å². The third-order valence-electron chi connectivity index (χ3n) is 1.72. The van der Waals surface area contributed by atoms with Crippen LogP contribution >= 0.6 is 0 Å². The first-order valence-electron chi connectivity index (χ1n) is 3.48. The Morgan fingerprint density at radius 1 is 1.67 bits per heavy atom. The summed E-state index contributed by atoms with van der Waals surface area (Å²) in [5.74, 6) is 0.358. The van der Waals surface area contributed by atoms with E-state index in [1.807, 2.05) is 0 Å². The zero-order valence-corrected chi connectivity index (χ0v) is 6.53. The molecule has 2 heterocycles. The van der Waals surface area contributed by atoms with Gasteiger partial charge in [-0.1, -0.05) is 0 Å². The zero-order valence-electron chi connectivity index (χ0n) is 6.53. The smallest absolute Gasteiger partial charge is 0.211 e. The number of aryl methyl sites for hydroxylation is 1. The normalized spacial score (nSPS) is 10.8. The third-order valence-corrected chi connectivity index (χ3v) is 1.72. The van der Waals surface area contributed by atoms with Crippen molar-refractivity contribution in [3.05, 3.63) is 22.6 Å². The first-order valence-corrected chi connectivity index (χ1v) is 3.48. The summed E-state index contributed by atoms with van der Waals surface area (Å²) in [5.41, 5.74) is 6.38. The average Bonchev–Trinajstić information content (AvgIpc) is 2.33. The number of aromatic nitrogens is 3. The molecule has 5 nitrogen and oxygen atoms in total. The highest BCUT2D eigenvalue weighted by atomic mass is 16.1. The third kappa shape index (κ3) is 0.795. The summed E-state index contributed by atoms with van der Waals surface area (Å²) in [6.07, 6.45) is 1.57. The van der Waals surface area contributed by atoms with Crippen LogP contribution in [0.15, 0.2) is 17.2 Å². The molecule has 2 aromatic heterocycles. The molecular weight excluding hydrogens is 156 g/mol. The Kier molecular flexibility index (Phi) is 1.21. The molecule has 0 spiro atoms. The molecule has 0 atom stereocenters. The van der Waals surface area contributed by atoms with Crippen molar-refractivity contribution in [2.75, 3.05) is 5.73 Å². The number of rotatable bonds is 0. The predicted octanol–water partition coefficient (Wildman–Crippen LogP) is -0.156. The van der Waals surface area contributed by atoms with E-state index in [0.717, 1.165) is 0 Å². The standard InChI is InChI=1S/C7H8N4O/c1-11-3-9-6-4(12)2-5(8)10-7(6)11/h2-3H,1H3,(H3,8,10,12). The number of nitrogen functional groups attached to an aromatic ring is 1. The van der Waals surface area contributed by atoms with Gasteiger partial charge in [0.25, 0.3) is 0 Å². The van der Waals surface area contributed by atoms with E-state index in [1.54, 1.807) is 17.9 Å². The molecular formula is C7H8N4O. The van der Waals surface area contributed by atoms with Gasteiger partial charge < -0.3 is 15.3 Å². The van der Waals surface area contributed by atoms with Gasteiger partial charge in [-0.3, -0.25) is 4.79 Å². The lowest BCUT2D eigenvalue weighted by molar-refractivity contribution is 0.932. The maximum absolute atomic E-state index is 11.2. The van der Waals surface area contributed by atoms with E-state index in [9.17, 15) is 4.79 Å². The molecule has 0 bridgehead atoms. The summed E-state index contributed by atoms with van der Waals surface area (Å²) in [6, 6.07) is 1.33. The number of imidazole rings is 1. The topological polar surface area (TPSA) is 76.7 Å². The van der Waals surface area contributed by atoms with E-state index < -0.39 is 0 Å². The summed E-state index contributed by atoms with van der Waals surface area (Å²) in [5, 5.41) is 0. The Balaban J connectivity index is 3.03.